The number of nitro benzene ring substituents is 1. The van der Waals surface area contributed by atoms with Crippen LogP contribution < -0.4 is 10.7 Å². The molecule has 154 valence electrons. The van der Waals surface area contributed by atoms with Crippen LogP contribution in [0.3, 0.4) is 0 Å². The van der Waals surface area contributed by atoms with Crippen molar-refractivity contribution in [2.75, 3.05) is 5.32 Å². The number of hydrogen-bond donors (Lipinski definition) is 1. The second-order valence-corrected chi connectivity index (χ2v) is 7.33. The maximum absolute atomic E-state index is 13.4. The molecule has 1 heterocycles. The zero-order valence-electron chi connectivity index (χ0n) is 16.3. The molecule has 4 rings (SSSR count). The van der Waals surface area contributed by atoms with Gasteiger partial charge in [-0.3, -0.25) is 19.7 Å². The third-order valence-electron chi connectivity index (χ3n) is 5.01. The molecule has 0 radical (unpaired) electrons. The van der Waals surface area contributed by atoms with Crippen LogP contribution in [-0.2, 0) is 7.05 Å². The van der Waals surface area contributed by atoms with Gasteiger partial charge < -0.3 is 9.88 Å². The standard InChI is InChI=1S/C23H16ClN3O4/c1-26-19-5-3-2-4-18(19)21(28)20(14-6-10-16(24)11-7-14)22(26)25-23(29)15-8-12-17(13-9-15)27(30)31/h2-13H,1H3,(H,25,29). The fourth-order valence-electron chi connectivity index (χ4n) is 3.43. The summed E-state index contributed by atoms with van der Waals surface area (Å²) in [6.45, 7) is 0. The van der Waals surface area contributed by atoms with E-state index in [-0.39, 0.29) is 16.7 Å². The number of carbonyl (C=O) groups is 1. The summed E-state index contributed by atoms with van der Waals surface area (Å²) < 4.78 is 1.74. The highest BCUT2D eigenvalue weighted by atomic mass is 35.5. The molecular weight excluding hydrogens is 418 g/mol. The molecule has 31 heavy (non-hydrogen) atoms. The first-order valence-electron chi connectivity index (χ1n) is 9.30. The van der Waals surface area contributed by atoms with Gasteiger partial charge in [0.05, 0.1) is 16.0 Å². The second-order valence-electron chi connectivity index (χ2n) is 6.89. The van der Waals surface area contributed by atoms with E-state index in [9.17, 15) is 19.7 Å². The molecule has 0 aliphatic rings. The summed E-state index contributed by atoms with van der Waals surface area (Å²) in [5.41, 5.74) is 1.48. The Kier molecular flexibility index (Phi) is 5.27. The van der Waals surface area contributed by atoms with Crippen LogP contribution in [0.15, 0.2) is 77.6 Å². The Morgan fingerprint density at radius 3 is 2.29 bits per heavy atom. The average molecular weight is 434 g/mol. The first-order chi connectivity index (χ1) is 14.9. The Labute approximate surface area is 181 Å². The minimum absolute atomic E-state index is 0.114. The lowest BCUT2D eigenvalue weighted by Crippen LogP contribution is -2.21. The zero-order chi connectivity index (χ0) is 22.1. The van der Waals surface area contributed by atoms with Crippen LogP contribution >= 0.6 is 11.6 Å². The maximum atomic E-state index is 13.4. The zero-order valence-corrected chi connectivity index (χ0v) is 17.1. The lowest BCUT2D eigenvalue weighted by Gasteiger charge is -2.18. The Morgan fingerprint density at radius 2 is 1.65 bits per heavy atom. The fraction of sp³-hybridized carbons (Fsp3) is 0.0435. The number of hydrogen-bond acceptors (Lipinski definition) is 4. The summed E-state index contributed by atoms with van der Waals surface area (Å²) >= 11 is 6.00. The summed E-state index contributed by atoms with van der Waals surface area (Å²) in [6, 6.07) is 19.2. The molecule has 0 aliphatic heterocycles. The number of anilines is 1. The number of nitrogens with zero attached hydrogens (tertiary/aromatic N) is 2. The number of halogens is 1. The summed E-state index contributed by atoms with van der Waals surface area (Å²) in [4.78, 5) is 36.6. The van der Waals surface area contributed by atoms with Crippen molar-refractivity contribution < 1.29 is 9.72 Å². The van der Waals surface area contributed by atoms with Gasteiger partial charge in [0, 0.05) is 35.2 Å². The predicted molar refractivity (Wildman–Crippen MR) is 121 cm³/mol. The van der Waals surface area contributed by atoms with Gasteiger partial charge in [0.2, 0.25) is 0 Å². The largest absolute Gasteiger partial charge is 0.330 e. The van der Waals surface area contributed by atoms with E-state index in [0.717, 1.165) is 0 Å². The molecule has 0 atom stereocenters. The summed E-state index contributed by atoms with van der Waals surface area (Å²) in [6.07, 6.45) is 0. The van der Waals surface area contributed by atoms with Crippen molar-refractivity contribution in [2.24, 2.45) is 7.05 Å². The van der Waals surface area contributed by atoms with Gasteiger partial charge in [0.1, 0.15) is 5.82 Å². The number of carbonyl (C=O) groups excluding carboxylic acids is 1. The smallest absolute Gasteiger partial charge is 0.269 e. The van der Waals surface area contributed by atoms with Gasteiger partial charge >= 0.3 is 0 Å². The lowest BCUT2D eigenvalue weighted by atomic mass is 10.0. The number of nitro groups is 1. The van der Waals surface area contributed by atoms with Crippen LogP contribution in [0.2, 0.25) is 5.02 Å². The topological polar surface area (TPSA) is 94.2 Å². The van der Waals surface area contributed by atoms with Crippen LogP contribution in [0.4, 0.5) is 11.5 Å². The van der Waals surface area contributed by atoms with E-state index in [2.05, 4.69) is 5.32 Å². The minimum Gasteiger partial charge on any atom is -0.330 e. The van der Waals surface area contributed by atoms with Crippen molar-refractivity contribution in [3.8, 4) is 11.1 Å². The third-order valence-corrected chi connectivity index (χ3v) is 5.27. The van der Waals surface area contributed by atoms with Crippen molar-refractivity contribution in [1.82, 2.24) is 4.57 Å². The number of rotatable bonds is 4. The fourth-order valence-corrected chi connectivity index (χ4v) is 3.56. The van der Waals surface area contributed by atoms with Crippen LogP contribution in [0, 0.1) is 10.1 Å². The Hall–Kier alpha value is -3.97. The second kappa shape index (κ2) is 8.04. The highest BCUT2D eigenvalue weighted by Gasteiger charge is 2.19. The molecular formula is C23H16ClN3O4. The summed E-state index contributed by atoms with van der Waals surface area (Å²) in [5, 5.41) is 14.7. The molecule has 0 aliphatic carbocycles. The van der Waals surface area contributed by atoms with Crippen LogP contribution in [-0.4, -0.2) is 15.4 Å². The summed E-state index contributed by atoms with van der Waals surface area (Å²) in [5.74, 6) is -0.176. The monoisotopic (exact) mass is 433 g/mol. The van der Waals surface area contributed by atoms with Gasteiger partial charge in [-0.2, -0.15) is 0 Å². The van der Waals surface area contributed by atoms with Gasteiger partial charge in [-0.15, -0.1) is 0 Å². The molecule has 0 unspecified atom stereocenters. The number of nitrogens with one attached hydrogen (secondary N) is 1. The minimum atomic E-state index is -0.534. The van der Waals surface area contributed by atoms with Crippen LogP contribution in [0.1, 0.15) is 10.4 Å². The van der Waals surface area contributed by atoms with Gasteiger partial charge in [0.25, 0.3) is 11.6 Å². The molecule has 0 spiro atoms. The van der Waals surface area contributed by atoms with E-state index >= 15 is 0 Å². The summed E-state index contributed by atoms with van der Waals surface area (Å²) in [7, 11) is 1.76. The number of aryl methyl sites for hydroxylation is 1. The van der Waals surface area contributed by atoms with E-state index in [1.54, 1.807) is 54.1 Å². The molecule has 0 saturated carbocycles. The highest BCUT2D eigenvalue weighted by molar-refractivity contribution is 6.30. The molecule has 1 N–H and O–H groups in total. The maximum Gasteiger partial charge on any atom is 0.269 e. The predicted octanol–water partition coefficient (Wildman–Crippen LogP) is 5.02. The molecule has 8 heteroatoms. The molecule has 3 aromatic carbocycles. The Balaban J connectivity index is 1.87. The molecule has 1 aromatic heterocycles. The molecule has 4 aromatic rings. The molecule has 1 amide bonds. The van der Waals surface area contributed by atoms with E-state index in [0.29, 0.717) is 32.9 Å². The normalized spacial score (nSPS) is 10.8. The molecule has 0 saturated heterocycles. The van der Waals surface area contributed by atoms with Gasteiger partial charge in [0.15, 0.2) is 5.43 Å². The van der Waals surface area contributed by atoms with Crippen LogP contribution in [0.25, 0.3) is 22.0 Å². The number of pyridine rings is 1. The third kappa shape index (κ3) is 3.78. The number of amides is 1. The van der Waals surface area contributed by atoms with Crippen molar-refractivity contribution in [3.05, 3.63) is 104 Å². The average Bonchev–Trinajstić information content (AvgIpc) is 2.78. The lowest BCUT2D eigenvalue weighted by molar-refractivity contribution is -0.384. The van der Waals surface area contributed by atoms with Gasteiger partial charge in [-0.1, -0.05) is 35.9 Å². The molecule has 7 nitrogen and oxygen atoms in total. The van der Waals surface area contributed by atoms with E-state index < -0.39 is 10.8 Å². The van der Waals surface area contributed by atoms with E-state index in [1.165, 1.54) is 24.3 Å². The quantitative estimate of drug-likeness (QED) is 0.361. The first kappa shape index (κ1) is 20.3. The van der Waals surface area contributed by atoms with Crippen molar-refractivity contribution in [3.63, 3.8) is 0 Å². The SMILES string of the molecule is Cn1c(NC(=O)c2ccc([N+](=O)[O-])cc2)c(-c2ccc(Cl)cc2)c(=O)c2ccccc21. The highest BCUT2D eigenvalue weighted by Crippen LogP contribution is 2.29. The Morgan fingerprint density at radius 1 is 1.00 bits per heavy atom. The molecule has 0 bridgehead atoms. The first-order valence-corrected chi connectivity index (χ1v) is 9.68. The van der Waals surface area contributed by atoms with Crippen molar-refractivity contribution in [1.29, 1.82) is 0 Å². The molecule has 0 fully saturated rings. The van der Waals surface area contributed by atoms with Gasteiger partial charge in [-0.25, -0.2) is 0 Å². The van der Waals surface area contributed by atoms with E-state index in [1.807, 2.05) is 6.07 Å². The van der Waals surface area contributed by atoms with Gasteiger partial charge in [-0.05, 0) is 42.0 Å². The van der Waals surface area contributed by atoms with Crippen molar-refractivity contribution >= 4 is 39.9 Å². The Bertz CT molecular complexity index is 1380. The van der Waals surface area contributed by atoms with Crippen molar-refractivity contribution in [2.45, 2.75) is 0 Å². The van der Waals surface area contributed by atoms with E-state index in [4.69, 9.17) is 11.6 Å². The number of benzene rings is 3. The number of non-ortho nitro benzene ring substituents is 1. The number of aromatic nitrogens is 1. The number of fused-ring (bicyclic) bond motifs is 1. The van der Waals surface area contributed by atoms with Crippen LogP contribution in [0.5, 0.6) is 0 Å². The number of para-hydroxylation sites is 1.